The van der Waals surface area contributed by atoms with Gasteiger partial charge in [-0.3, -0.25) is 10.1 Å². The van der Waals surface area contributed by atoms with Crippen LogP contribution in [0.3, 0.4) is 0 Å². The Kier molecular flexibility index (Phi) is 6.67. The Labute approximate surface area is 152 Å². The minimum atomic E-state index is -3.88. The van der Waals surface area contributed by atoms with Crippen LogP contribution in [0.25, 0.3) is 0 Å². The van der Waals surface area contributed by atoms with Crippen molar-refractivity contribution in [3.8, 4) is 0 Å². The fourth-order valence-corrected chi connectivity index (χ4v) is 3.64. The molecule has 2 N–H and O–H groups in total. The summed E-state index contributed by atoms with van der Waals surface area (Å²) < 4.78 is 32.1. The molecule has 0 aromatic heterocycles. The largest absolute Gasteiger partial charge is 0.383 e. The highest BCUT2D eigenvalue weighted by atomic mass is 32.2. The van der Waals surface area contributed by atoms with Gasteiger partial charge in [-0.25, -0.2) is 13.1 Å². The summed E-state index contributed by atoms with van der Waals surface area (Å²) in [5.41, 5.74) is 0.902. The Hall–Kier alpha value is -2.49. The molecule has 2 rings (SSSR count). The summed E-state index contributed by atoms with van der Waals surface area (Å²) in [4.78, 5) is 10.6. The molecule has 2 aromatic rings. The second kappa shape index (κ2) is 8.75. The number of methoxy groups -OCH3 is 1. The maximum atomic E-state index is 12.4. The molecule has 0 radical (unpaired) electrons. The second-order valence-corrected chi connectivity index (χ2v) is 7.47. The molecule has 0 unspecified atom stereocenters. The molecule has 2 aromatic carbocycles. The second-order valence-electron chi connectivity index (χ2n) is 5.75. The zero-order valence-electron chi connectivity index (χ0n) is 14.5. The fraction of sp³-hybridized carbons (Fsp3) is 0.294. The highest BCUT2D eigenvalue weighted by molar-refractivity contribution is 7.89. The number of anilines is 1. The van der Waals surface area contributed by atoms with Gasteiger partial charge in [0, 0.05) is 25.8 Å². The number of nitro groups is 1. The van der Waals surface area contributed by atoms with Crippen LogP contribution in [0.4, 0.5) is 11.4 Å². The molecule has 0 amide bonds. The minimum Gasteiger partial charge on any atom is -0.383 e. The molecule has 9 heteroatoms. The maximum Gasteiger partial charge on any atom is 0.293 e. The summed E-state index contributed by atoms with van der Waals surface area (Å²) in [6, 6.07) is 12.7. The molecule has 0 aliphatic rings. The normalized spacial score (nSPS) is 12.5. The van der Waals surface area contributed by atoms with E-state index in [2.05, 4.69) is 10.0 Å². The number of hydrogen-bond donors (Lipinski definition) is 2. The van der Waals surface area contributed by atoms with Crippen molar-refractivity contribution in [2.24, 2.45) is 0 Å². The van der Waals surface area contributed by atoms with Gasteiger partial charge in [0.2, 0.25) is 10.0 Å². The van der Waals surface area contributed by atoms with Gasteiger partial charge in [-0.2, -0.15) is 0 Å². The average molecular weight is 379 g/mol. The third kappa shape index (κ3) is 5.25. The third-order valence-electron chi connectivity index (χ3n) is 3.57. The first-order valence-electron chi connectivity index (χ1n) is 7.91. The Morgan fingerprint density at radius 3 is 2.50 bits per heavy atom. The summed E-state index contributed by atoms with van der Waals surface area (Å²) in [5, 5.41) is 14.3. The fourth-order valence-electron chi connectivity index (χ4n) is 2.39. The summed E-state index contributed by atoms with van der Waals surface area (Å²) in [6.07, 6.45) is 0. The van der Waals surface area contributed by atoms with Gasteiger partial charge in [-0.1, -0.05) is 30.3 Å². The van der Waals surface area contributed by atoms with Crippen molar-refractivity contribution in [1.29, 1.82) is 0 Å². The number of benzene rings is 2. The molecule has 26 heavy (non-hydrogen) atoms. The molecule has 0 fully saturated rings. The van der Waals surface area contributed by atoms with Crippen molar-refractivity contribution < 1.29 is 18.1 Å². The Morgan fingerprint density at radius 2 is 1.88 bits per heavy atom. The molecule has 0 saturated carbocycles. The number of ether oxygens (including phenoxy) is 1. The van der Waals surface area contributed by atoms with Gasteiger partial charge in [-0.15, -0.1) is 0 Å². The summed E-state index contributed by atoms with van der Waals surface area (Å²) in [7, 11) is -2.42. The van der Waals surface area contributed by atoms with E-state index in [0.717, 1.165) is 11.6 Å². The van der Waals surface area contributed by atoms with E-state index in [9.17, 15) is 18.5 Å². The molecule has 8 nitrogen and oxygen atoms in total. The lowest BCUT2D eigenvalue weighted by molar-refractivity contribution is -0.384. The lowest BCUT2D eigenvalue weighted by Gasteiger charge is -2.14. The predicted molar refractivity (Wildman–Crippen MR) is 98.5 cm³/mol. The van der Waals surface area contributed by atoms with E-state index in [-0.39, 0.29) is 22.9 Å². The minimum absolute atomic E-state index is 0.169. The van der Waals surface area contributed by atoms with Crippen LogP contribution in [0, 0.1) is 10.1 Å². The standard InChI is InChI=1S/C17H21N3O5S/c1-13(12-25-2)19-26(23,24)15-8-9-16(17(10-15)20(21)22)18-11-14-6-4-3-5-7-14/h3-10,13,18-19H,11-12H2,1-2H3/t13-/m0/s1. The summed E-state index contributed by atoms with van der Waals surface area (Å²) >= 11 is 0. The van der Waals surface area contributed by atoms with Crippen LogP contribution in [0.1, 0.15) is 12.5 Å². The van der Waals surface area contributed by atoms with Gasteiger partial charge in [0.25, 0.3) is 5.69 Å². The van der Waals surface area contributed by atoms with Crippen LogP contribution >= 0.6 is 0 Å². The van der Waals surface area contributed by atoms with Gasteiger partial charge in [0.15, 0.2) is 0 Å². The maximum absolute atomic E-state index is 12.4. The highest BCUT2D eigenvalue weighted by Gasteiger charge is 2.22. The van der Waals surface area contributed by atoms with Crippen LogP contribution in [-0.4, -0.2) is 33.1 Å². The SMILES string of the molecule is COC[C@H](C)NS(=O)(=O)c1ccc(NCc2ccccc2)c([N+](=O)[O-])c1. The molecule has 1 atom stereocenters. The number of nitrogens with one attached hydrogen (secondary N) is 2. The van der Waals surface area contributed by atoms with Crippen LogP contribution in [-0.2, 0) is 21.3 Å². The molecule has 0 saturated heterocycles. The topological polar surface area (TPSA) is 111 Å². The van der Waals surface area contributed by atoms with Gasteiger partial charge in [0.05, 0.1) is 16.4 Å². The zero-order chi connectivity index (χ0) is 19.2. The lowest BCUT2D eigenvalue weighted by atomic mass is 10.2. The first-order valence-corrected chi connectivity index (χ1v) is 9.39. The van der Waals surface area contributed by atoms with E-state index < -0.39 is 21.0 Å². The van der Waals surface area contributed by atoms with Gasteiger partial charge >= 0.3 is 0 Å². The molecule has 0 aliphatic heterocycles. The smallest absolute Gasteiger partial charge is 0.293 e. The monoisotopic (exact) mass is 379 g/mol. The first kappa shape index (κ1) is 19.8. The van der Waals surface area contributed by atoms with E-state index in [1.807, 2.05) is 30.3 Å². The van der Waals surface area contributed by atoms with Crippen LogP contribution in [0.2, 0.25) is 0 Å². The van der Waals surface area contributed by atoms with E-state index in [1.54, 1.807) is 6.92 Å². The Balaban J connectivity index is 2.24. The molecular formula is C17H21N3O5S. The van der Waals surface area contributed by atoms with Crippen LogP contribution < -0.4 is 10.0 Å². The molecule has 0 heterocycles. The summed E-state index contributed by atoms with van der Waals surface area (Å²) in [6.45, 7) is 2.22. The molecule has 0 spiro atoms. The first-order chi connectivity index (χ1) is 12.3. The van der Waals surface area contributed by atoms with Crippen molar-refractivity contribution in [3.05, 3.63) is 64.2 Å². The van der Waals surface area contributed by atoms with E-state index in [0.29, 0.717) is 6.54 Å². The van der Waals surface area contributed by atoms with E-state index in [4.69, 9.17) is 4.74 Å². The number of nitro benzene ring substituents is 1. The number of sulfonamides is 1. The van der Waals surface area contributed by atoms with Crippen LogP contribution in [0.15, 0.2) is 53.4 Å². The lowest BCUT2D eigenvalue weighted by Crippen LogP contribution is -2.35. The molecule has 140 valence electrons. The van der Waals surface area contributed by atoms with Crippen molar-refractivity contribution >= 4 is 21.4 Å². The quantitative estimate of drug-likeness (QED) is 0.512. The van der Waals surface area contributed by atoms with Crippen molar-refractivity contribution in [3.63, 3.8) is 0 Å². The van der Waals surface area contributed by atoms with Crippen LogP contribution in [0.5, 0.6) is 0 Å². The highest BCUT2D eigenvalue weighted by Crippen LogP contribution is 2.28. The number of rotatable bonds is 9. The predicted octanol–water partition coefficient (Wildman–Crippen LogP) is 2.52. The van der Waals surface area contributed by atoms with Crippen molar-refractivity contribution in [2.45, 2.75) is 24.4 Å². The van der Waals surface area contributed by atoms with Crippen molar-refractivity contribution in [2.75, 3.05) is 19.0 Å². The average Bonchev–Trinajstić information content (AvgIpc) is 2.60. The molecular weight excluding hydrogens is 358 g/mol. The third-order valence-corrected chi connectivity index (χ3v) is 5.16. The summed E-state index contributed by atoms with van der Waals surface area (Å²) in [5.74, 6) is 0. The Morgan fingerprint density at radius 1 is 1.19 bits per heavy atom. The van der Waals surface area contributed by atoms with E-state index >= 15 is 0 Å². The Bertz CT molecular complexity index is 856. The van der Waals surface area contributed by atoms with Gasteiger partial charge in [0.1, 0.15) is 5.69 Å². The number of nitrogens with zero attached hydrogens (tertiary/aromatic N) is 1. The number of hydrogen-bond acceptors (Lipinski definition) is 6. The molecule has 0 aliphatic carbocycles. The van der Waals surface area contributed by atoms with Gasteiger partial charge in [-0.05, 0) is 24.6 Å². The molecule has 0 bridgehead atoms. The van der Waals surface area contributed by atoms with Crippen molar-refractivity contribution in [1.82, 2.24) is 4.72 Å². The van der Waals surface area contributed by atoms with Gasteiger partial charge < -0.3 is 10.1 Å². The zero-order valence-corrected chi connectivity index (χ0v) is 15.3. The van der Waals surface area contributed by atoms with E-state index in [1.165, 1.54) is 19.2 Å².